The van der Waals surface area contributed by atoms with Gasteiger partial charge in [0.25, 0.3) is 5.91 Å². The van der Waals surface area contributed by atoms with Crippen LogP contribution in [0.2, 0.25) is 0 Å². The van der Waals surface area contributed by atoms with Crippen LogP contribution in [0.15, 0.2) is 60.8 Å². The van der Waals surface area contributed by atoms with E-state index in [2.05, 4.69) is 15.6 Å². The molecule has 3 aromatic rings. The first-order chi connectivity index (χ1) is 14.1. The quantitative estimate of drug-likeness (QED) is 0.563. The van der Waals surface area contributed by atoms with E-state index in [1.54, 1.807) is 11.1 Å². The number of carbonyl (C=O) groups excluding carboxylic acids is 3. The molecule has 1 aliphatic heterocycles. The van der Waals surface area contributed by atoms with Crippen molar-refractivity contribution in [3.8, 4) is 0 Å². The molecule has 1 saturated heterocycles. The van der Waals surface area contributed by atoms with E-state index in [1.807, 2.05) is 54.6 Å². The molecule has 3 N–H and O–H groups in total. The van der Waals surface area contributed by atoms with Crippen LogP contribution in [0.25, 0.3) is 10.9 Å². The van der Waals surface area contributed by atoms with Gasteiger partial charge in [0.1, 0.15) is 0 Å². The molecule has 0 saturated carbocycles. The summed E-state index contributed by atoms with van der Waals surface area (Å²) in [5.74, 6) is -0.794. The maximum atomic E-state index is 12.4. The minimum atomic E-state index is -0.382. The average molecular weight is 390 g/mol. The van der Waals surface area contributed by atoms with Crippen LogP contribution in [0.1, 0.15) is 16.8 Å². The Balaban J connectivity index is 1.25. The molecule has 4 rings (SSSR count). The third-order valence-electron chi connectivity index (χ3n) is 5.11. The van der Waals surface area contributed by atoms with E-state index in [0.29, 0.717) is 25.2 Å². The highest BCUT2D eigenvalue weighted by Crippen LogP contribution is 2.24. The molecule has 3 amide bonds. The number of fused-ring (bicyclic) bond motifs is 1. The van der Waals surface area contributed by atoms with Gasteiger partial charge in [-0.05, 0) is 18.2 Å². The normalized spacial score (nSPS) is 16.2. The van der Waals surface area contributed by atoms with Crippen molar-refractivity contribution in [3.63, 3.8) is 0 Å². The molecule has 7 heteroatoms. The van der Waals surface area contributed by atoms with E-state index in [1.165, 1.54) is 0 Å². The highest BCUT2D eigenvalue weighted by Gasteiger charge is 2.34. The van der Waals surface area contributed by atoms with Crippen LogP contribution in [0.5, 0.6) is 0 Å². The van der Waals surface area contributed by atoms with Crippen molar-refractivity contribution in [1.82, 2.24) is 15.6 Å². The number of benzene rings is 2. The molecule has 29 heavy (non-hydrogen) atoms. The fraction of sp³-hybridized carbons (Fsp3) is 0.227. The Morgan fingerprint density at radius 1 is 1.00 bits per heavy atom. The zero-order valence-electron chi connectivity index (χ0n) is 15.9. The predicted octanol–water partition coefficient (Wildman–Crippen LogP) is 2.07. The minimum Gasteiger partial charge on any atom is -0.360 e. The summed E-state index contributed by atoms with van der Waals surface area (Å²) in [5.41, 5.74) is 2.28. The summed E-state index contributed by atoms with van der Waals surface area (Å²) < 4.78 is 0. The molecular formula is C22H22N4O3. The molecular weight excluding hydrogens is 368 g/mol. The number of aromatic amines is 1. The number of hydrogen-bond acceptors (Lipinski definition) is 3. The monoisotopic (exact) mass is 390 g/mol. The summed E-state index contributed by atoms with van der Waals surface area (Å²) in [6, 6.07) is 16.9. The highest BCUT2D eigenvalue weighted by atomic mass is 16.2. The lowest BCUT2D eigenvalue weighted by atomic mass is 10.1. The fourth-order valence-electron chi connectivity index (χ4n) is 3.60. The molecule has 1 aliphatic rings. The van der Waals surface area contributed by atoms with Crippen molar-refractivity contribution >= 4 is 34.3 Å². The third kappa shape index (κ3) is 3.99. The standard InChI is InChI=1S/C22H22N4O3/c27-20-12-15(14-26(20)16-6-2-1-3-7-16)21(28)23-10-11-24-22(29)18-13-25-19-9-5-4-8-17(18)19/h1-9,13,15,25H,10-12,14H2,(H,23,28)(H,24,29). The van der Waals surface area contributed by atoms with Crippen LogP contribution in [-0.2, 0) is 9.59 Å². The minimum absolute atomic E-state index is 0.0519. The van der Waals surface area contributed by atoms with Gasteiger partial charge in [-0.25, -0.2) is 0 Å². The Bertz CT molecular complexity index is 1040. The Morgan fingerprint density at radius 3 is 2.55 bits per heavy atom. The lowest BCUT2D eigenvalue weighted by molar-refractivity contribution is -0.126. The van der Waals surface area contributed by atoms with Gasteiger partial charge in [0.05, 0.1) is 11.5 Å². The molecule has 0 aliphatic carbocycles. The summed E-state index contributed by atoms with van der Waals surface area (Å²) in [4.78, 5) is 41.7. The third-order valence-corrected chi connectivity index (χ3v) is 5.11. The van der Waals surface area contributed by atoms with Crippen molar-refractivity contribution in [1.29, 1.82) is 0 Å². The van der Waals surface area contributed by atoms with Crippen LogP contribution < -0.4 is 15.5 Å². The van der Waals surface area contributed by atoms with Crippen LogP contribution >= 0.6 is 0 Å². The second-order valence-corrected chi connectivity index (χ2v) is 7.04. The Kier molecular flexibility index (Phi) is 5.29. The van der Waals surface area contributed by atoms with E-state index in [9.17, 15) is 14.4 Å². The number of amides is 3. The second-order valence-electron chi connectivity index (χ2n) is 7.04. The van der Waals surface area contributed by atoms with Gasteiger partial charge in [-0.1, -0.05) is 36.4 Å². The van der Waals surface area contributed by atoms with Gasteiger partial charge in [-0.2, -0.15) is 0 Å². The van der Waals surface area contributed by atoms with Crippen LogP contribution in [0, 0.1) is 5.92 Å². The Labute approximate surface area is 168 Å². The molecule has 2 aromatic carbocycles. The molecule has 148 valence electrons. The number of hydrogen-bond donors (Lipinski definition) is 3. The molecule has 1 unspecified atom stereocenters. The zero-order valence-corrected chi connectivity index (χ0v) is 15.9. The van der Waals surface area contributed by atoms with E-state index < -0.39 is 0 Å². The molecule has 0 spiro atoms. The molecule has 7 nitrogen and oxygen atoms in total. The van der Waals surface area contributed by atoms with Crippen LogP contribution in [0.3, 0.4) is 0 Å². The molecule has 1 fully saturated rings. The summed E-state index contributed by atoms with van der Waals surface area (Å²) in [7, 11) is 0. The average Bonchev–Trinajstić information content (AvgIpc) is 3.35. The lowest BCUT2D eigenvalue weighted by Gasteiger charge is -2.16. The topological polar surface area (TPSA) is 94.3 Å². The van der Waals surface area contributed by atoms with Gasteiger partial charge in [0.15, 0.2) is 0 Å². The van der Waals surface area contributed by atoms with Gasteiger partial charge < -0.3 is 20.5 Å². The number of nitrogens with zero attached hydrogens (tertiary/aromatic N) is 1. The largest absolute Gasteiger partial charge is 0.360 e. The highest BCUT2D eigenvalue weighted by molar-refractivity contribution is 6.06. The summed E-state index contributed by atoms with van der Waals surface area (Å²) >= 11 is 0. The van der Waals surface area contributed by atoms with Gasteiger partial charge >= 0.3 is 0 Å². The van der Waals surface area contributed by atoms with E-state index in [-0.39, 0.29) is 30.1 Å². The SMILES string of the molecule is O=C(NCCNC(=O)C1CC(=O)N(c2ccccc2)C1)c1c[nH]c2ccccc12. The zero-order chi connectivity index (χ0) is 20.2. The second kappa shape index (κ2) is 8.18. The molecule has 2 heterocycles. The molecule has 1 atom stereocenters. The number of para-hydroxylation sites is 2. The summed E-state index contributed by atoms with van der Waals surface area (Å²) in [6.07, 6.45) is 1.88. The van der Waals surface area contributed by atoms with Gasteiger partial charge in [0.2, 0.25) is 11.8 Å². The smallest absolute Gasteiger partial charge is 0.253 e. The van der Waals surface area contributed by atoms with Gasteiger partial charge in [0, 0.05) is 48.8 Å². The van der Waals surface area contributed by atoms with Gasteiger partial charge in [-0.15, -0.1) is 0 Å². The van der Waals surface area contributed by atoms with E-state index in [4.69, 9.17) is 0 Å². The first kappa shape index (κ1) is 18.7. The van der Waals surface area contributed by atoms with Crippen LogP contribution in [0.4, 0.5) is 5.69 Å². The number of rotatable bonds is 6. The van der Waals surface area contributed by atoms with Crippen molar-refractivity contribution in [3.05, 3.63) is 66.4 Å². The molecule has 0 radical (unpaired) electrons. The van der Waals surface area contributed by atoms with Crippen LogP contribution in [-0.4, -0.2) is 42.3 Å². The van der Waals surface area contributed by atoms with Crippen molar-refractivity contribution in [2.45, 2.75) is 6.42 Å². The number of anilines is 1. The maximum Gasteiger partial charge on any atom is 0.253 e. The number of H-pyrrole nitrogens is 1. The first-order valence-corrected chi connectivity index (χ1v) is 9.61. The fourth-order valence-corrected chi connectivity index (χ4v) is 3.60. The van der Waals surface area contributed by atoms with Crippen molar-refractivity contribution in [2.24, 2.45) is 5.92 Å². The van der Waals surface area contributed by atoms with Crippen molar-refractivity contribution < 1.29 is 14.4 Å². The number of aromatic nitrogens is 1. The predicted molar refractivity (Wildman–Crippen MR) is 111 cm³/mol. The Hall–Kier alpha value is -3.61. The van der Waals surface area contributed by atoms with E-state index in [0.717, 1.165) is 16.6 Å². The molecule has 0 bridgehead atoms. The van der Waals surface area contributed by atoms with Gasteiger partial charge in [-0.3, -0.25) is 14.4 Å². The number of carbonyl (C=O) groups is 3. The maximum absolute atomic E-state index is 12.4. The first-order valence-electron chi connectivity index (χ1n) is 9.61. The molecule has 1 aromatic heterocycles. The number of nitrogens with one attached hydrogen (secondary N) is 3. The lowest BCUT2D eigenvalue weighted by Crippen LogP contribution is -2.38. The Morgan fingerprint density at radius 2 is 1.72 bits per heavy atom. The summed E-state index contributed by atoms with van der Waals surface area (Å²) in [6.45, 7) is 0.993. The van der Waals surface area contributed by atoms with E-state index >= 15 is 0 Å². The summed E-state index contributed by atoms with van der Waals surface area (Å²) in [5, 5.41) is 6.49. The van der Waals surface area contributed by atoms with Crippen molar-refractivity contribution in [2.75, 3.05) is 24.5 Å².